The van der Waals surface area contributed by atoms with Crippen LogP contribution in [0.1, 0.15) is 36.2 Å². The van der Waals surface area contributed by atoms with Crippen LogP contribution in [-0.2, 0) is 6.42 Å². The number of aryl methyl sites for hydroxylation is 2. The van der Waals surface area contributed by atoms with Crippen LogP contribution in [0.5, 0.6) is 5.75 Å². The molecule has 1 aromatic heterocycles. The maximum Gasteiger partial charge on any atom is 0.123 e. The molecule has 108 valence electrons. The quantitative estimate of drug-likeness (QED) is 0.712. The zero-order valence-electron chi connectivity index (χ0n) is 11.8. The van der Waals surface area contributed by atoms with Gasteiger partial charge >= 0.3 is 0 Å². The van der Waals surface area contributed by atoms with Gasteiger partial charge < -0.3 is 10.4 Å². The smallest absolute Gasteiger partial charge is 0.123 e. The number of nitrogens with one attached hydrogen (secondary N) is 2. The molecule has 4 nitrogen and oxygen atoms in total. The van der Waals surface area contributed by atoms with Gasteiger partial charge in [0.05, 0.1) is 6.20 Å². The molecule has 0 radical (unpaired) electrons. The minimum atomic E-state index is -0.333. The molecule has 3 N–H and O–H groups in total. The van der Waals surface area contributed by atoms with Crippen molar-refractivity contribution in [3.05, 3.63) is 47.0 Å². The van der Waals surface area contributed by atoms with Crippen molar-refractivity contribution in [2.75, 3.05) is 6.54 Å². The monoisotopic (exact) mass is 277 g/mol. The Morgan fingerprint density at radius 1 is 1.45 bits per heavy atom. The lowest BCUT2D eigenvalue weighted by molar-refractivity contribution is 0.448. The predicted molar refractivity (Wildman–Crippen MR) is 76.1 cm³/mol. The molecule has 0 aliphatic heterocycles. The van der Waals surface area contributed by atoms with Gasteiger partial charge in [0, 0.05) is 17.3 Å². The Morgan fingerprint density at radius 2 is 2.25 bits per heavy atom. The van der Waals surface area contributed by atoms with E-state index in [0.717, 1.165) is 25.1 Å². The minimum Gasteiger partial charge on any atom is -0.508 e. The summed E-state index contributed by atoms with van der Waals surface area (Å²) in [5.74, 6) is -0.211. The lowest BCUT2D eigenvalue weighted by Crippen LogP contribution is -2.20. The fraction of sp³-hybridized carbons (Fsp3) is 0.400. The molecule has 1 heterocycles. The average molecular weight is 277 g/mol. The van der Waals surface area contributed by atoms with Gasteiger partial charge in [-0.2, -0.15) is 5.10 Å². The fourth-order valence-corrected chi connectivity index (χ4v) is 2.21. The van der Waals surface area contributed by atoms with Crippen molar-refractivity contribution >= 4 is 0 Å². The van der Waals surface area contributed by atoms with Crippen LogP contribution in [0.15, 0.2) is 24.4 Å². The third kappa shape index (κ3) is 3.57. The van der Waals surface area contributed by atoms with E-state index in [-0.39, 0.29) is 17.6 Å². The summed E-state index contributed by atoms with van der Waals surface area (Å²) >= 11 is 0. The first-order chi connectivity index (χ1) is 9.58. The summed E-state index contributed by atoms with van der Waals surface area (Å²) in [5, 5.41) is 19.9. The molecule has 2 aromatic rings. The van der Waals surface area contributed by atoms with Crippen molar-refractivity contribution in [1.29, 1.82) is 0 Å². The van der Waals surface area contributed by atoms with Crippen molar-refractivity contribution in [3.8, 4) is 5.75 Å². The van der Waals surface area contributed by atoms with Crippen molar-refractivity contribution in [1.82, 2.24) is 15.5 Å². The number of phenolic OH excluding ortho intramolecular Hbond substituents is 1. The predicted octanol–water partition coefficient (Wildman–Crippen LogP) is 2.85. The van der Waals surface area contributed by atoms with Crippen LogP contribution >= 0.6 is 0 Å². The summed E-state index contributed by atoms with van der Waals surface area (Å²) in [6.45, 7) is 4.71. The average Bonchev–Trinajstić information content (AvgIpc) is 2.83. The molecule has 0 fully saturated rings. The van der Waals surface area contributed by atoms with E-state index in [0.29, 0.717) is 5.56 Å². The first-order valence-electron chi connectivity index (χ1n) is 6.78. The van der Waals surface area contributed by atoms with Gasteiger partial charge in [-0.15, -0.1) is 0 Å². The van der Waals surface area contributed by atoms with E-state index in [1.807, 2.05) is 20.0 Å². The maximum atomic E-state index is 13.2. The van der Waals surface area contributed by atoms with Gasteiger partial charge in [-0.05, 0) is 57.0 Å². The molecule has 0 spiro atoms. The number of H-pyrrole nitrogens is 1. The highest BCUT2D eigenvalue weighted by Gasteiger charge is 2.10. The van der Waals surface area contributed by atoms with E-state index in [1.165, 1.54) is 23.8 Å². The second-order valence-corrected chi connectivity index (χ2v) is 5.00. The number of phenols is 1. The molecule has 1 atom stereocenters. The molecule has 1 unspecified atom stereocenters. The van der Waals surface area contributed by atoms with Crippen LogP contribution in [0.2, 0.25) is 0 Å². The summed E-state index contributed by atoms with van der Waals surface area (Å²) < 4.78 is 13.2. The molecule has 0 aliphatic rings. The number of aromatic nitrogens is 2. The van der Waals surface area contributed by atoms with Gasteiger partial charge in [-0.25, -0.2) is 4.39 Å². The zero-order chi connectivity index (χ0) is 14.5. The molecule has 20 heavy (non-hydrogen) atoms. The Bertz CT molecular complexity index is 568. The highest BCUT2D eigenvalue weighted by molar-refractivity contribution is 5.34. The number of aromatic hydroxyl groups is 1. The Balaban J connectivity index is 1.82. The van der Waals surface area contributed by atoms with Crippen molar-refractivity contribution < 1.29 is 9.50 Å². The Kier molecular flexibility index (Phi) is 4.74. The number of hydrogen-bond donors (Lipinski definition) is 3. The highest BCUT2D eigenvalue weighted by atomic mass is 19.1. The molecular formula is C15H20FN3O. The molecule has 2 rings (SSSR count). The molecule has 0 saturated carbocycles. The Morgan fingerprint density at radius 3 is 2.95 bits per heavy atom. The summed E-state index contributed by atoms with van der Waals surface area (Å²) in [7, 11) is 0. The highest BCUT2D eigenvalue weighted by Crippen LogP contribution is 2.24. The summed E-state index contributed by atoms with van der Waals surface area (Å²) in [5.41, 5.74) is 2.90. The molecule has 5 heteroatoms. The van der Waals surface area contributed by atoms with Crippen molar-refractivity contribution in [2.24, 2.45) is 0 Å². The summed E-state index contributed by atoms with van der Waals surface area (Å²) in [6, 6.07) is 3.93. The molecule has 0 bridgehead atoms. The van der Waals surface area contributed by atoms with Crippen molar-refractivity contribution in [3.63, 3.8) is 0 Å². The third-order valence-electron chi connectivity index (χ3n) is 3.46. The lowest BCUT2D eigenvalue weighted by atomic mass is 10.1. The van der Waals surface area contributed by atoms with Crippen LogP contribution in [0.3, 0.4) is 0 Å². The topological polar surface area (TPSA) is 60.9 Å². The van der Waals surface area contributed by atoms with E-state index >= 15 is 0 Å². The fourth-order valence-electron chi connectivity index (χ4n) is 2.21. The molecule has 0 aliphatic carbocycles. The second-order valence-electron chi connectivity index (χ2n) is 5.00. The van der Waals surface area contributed by atoms with Crippen LogP contribution in [0, 0.1) is 12.7 Å². The minimum absolute atomic E-state index is 0.0869. The first kappa shape index (κ1) is 14.5. The van der Waals surface area contributed by atoms with Crippen LogP contribution < -0.4 is 5.32 Å². The Hall–Kier alpha value is -1.88. The number of nitrogens with zero attached hydrogens (tertiary/aromatic N) is 1. The molecule has 1 aromatic carbocycles. The van der Waals surface area contributed by atoms with E-state index < -0.39 is 0 Å². The van der Waals surface area contributed by atoms with Crippen molar-refractivity contribution in [2.45, 2.75) is 32.7 Å². The standard InChI is InChI=1S/C15H20FN3O/c1-10-12(9-18-19-10)4-3-7-17-11(2)14-8-13(16)5-6-15(14)20/h5-6,8-9,11,17,20H,3-4,7H2,1-2H3,(H,18,19). The largest absolute Gasteiger partial charge is 0.508 e. The van der Waals surface area contributed by atoms with Gasteiger partial charge in [0.2, 0.25) is 0 Å². The number of benzene rings is 1. The molecule has 0 amide bonds. The van der Waals surface area contributed by atoms with Gasteiger partial charge in [-0.3, -0.25) is 5.10 Å². The van der Waals surface area contributed by atoms with Gasteiger partial charge in [0.25, 0.3) is 0 Å². The SMILES string of the molecule is Cc1[nH]ncc1CCCNC(C)c1cc(F)ccc1O. The van der Waals surface area contributed by atoms with Gasteiger partial charge in [-0.1, -0.05) is 0 Å². The summed E-state index contributed by atoms with van der Waals surface area (Å²) in [6.07, 6.45) is 3.75. The van der Waals surface area contributed by atoms with E-state index in [9.17, 15) is 9.50 Å². The number of aromatic amines is 1. The number of rotatable bonds is 6. The first-order valence-corrected chi connectivity index (χ1v) is 6.78. The van der Waals surface area contributed by atoms with E-state index in [1.54, 1.807) is 0 Å². The van der Waals surface area contributed by atoms with Crippen LogP contribution in [-0.4, -0.2) is 21.8 Å². The third-order valence-corrected chi connectivity index (χ3v) is 3.46. The van der Waals surface area contributed by atoms with Gasteiger partial charge in [0.1, 0.15) is 11.6 Å². The lowest BCUT2D eigenvalue weighted by Gasteiger charge is -2.15. The zero-order valence-corrected chi connectivity index (χ0v) is 11.8. The molecular weight excluding hydrogens is 257 g/mol. The molecule has 0 saturated heterocycles. The maximum absolute atomic E-state index is 13.2. The second kappa shape index (κ2) is 6.52. The number of halogens is 1. The van der Waals surface area contributed by atoms with E-state index in [2.05, 4.69) is 15.5 Å². The summed E-state index contributed by atoms with van der Waals surface area (Å²) in [4.78, 5) is 0. The number of hydrogen-bond acceptors (Lipinski definition) is 3. The van der Waals surface area contributed by atoms with E-state index in [4.69, 9.17) is 0 Å². The van der Waals surface area contributed by atoms with Crippen LogP contribution in [0.25, 0.3) is 0 Å². The van der Waals surface area contributed by atoms with Gasteiger partial charge in [0.15, 0.2) is 0 Å². The Labute approximate surface area is 118 Å². The van der Waals surface area contributed by atoms with Crippen LogP contribution in [0.4, 0.5) is 4.39 Å². The normalized spacial score (nSPS) is 12.6.